The maximum Gasteiger partial charge on any atom is 0.122 e. The number of hydrogen-bond acceptors (Lipinski definition) is 3. The Morgan fingerprint density at radius 2 is 2.10 bits per heavy atom. The summed E-state index contributed by atoms with van der Waals surface area (Å²) in [7, 11) is 2.17. The Morgan fingerprint density at radius 1 is 1.40 bits per heavy atom. The van der Waals surface area contributed by atoms with Crippen LogP contribution < -0.4 is 5.73 Å². The number of piperazine rings is 1. The Bertz CT molecular complexity index is 513. The largest absolute Gasteiger partial charge is 0.384 e. The van der Waals surface area contributed by atoms with Crippen molar-refractivity contribution < 1.29 is 0 Å². The molecule has 0 amide bonds. The summed E-state index contributed by atoms with van der Waals surface area (Å²) in [6, 6.07) is 5.62. The Balaban J connectivity index is 2.09. The average molecular weight is 295 g/mol. The molecule has 0 spiro atoms. The van der Waals surface area contributed by atoms with Gasteiger partial charge in [0.15, 0.2) is 0 Å². The first kappa shape index (κ1) is 15.3. The van der Waals surface area contributed by atoms with Crippen molar-refractivity contribution in [1.29, 1.82) is 5.41 Å². The van der Waals surface area contributed by atoms with Gasteiger partial charge in [0.2, 0.25) is 0 Å². The molecule has 0 unspecified atom stereocenters. The number of nitrogen functional groups attached to an aromatic ring is 1. The van der Waals surface area contributed by atoms with Crippen molar-refractivity contribution in [3.63, 3.8) is 0 Å². The summed E-state index contributed by atoms with van der Waals surface area (Å²) in [5.74, 6) is 0.0548. The summed E-state index contributed by atoms with van der Waals surface area (Å²) in [6.45, 7) is 8.50. The highest BCUT2D eigenvalue weighted by Crippen LogP contribution is 2.24. The molecule has 1 aromatic rings. The summed E-state index contributed by atoms with van der Waals surface area (Å²) in [5.41, 5.74) is 7.43. The minimum absolute atomic E-state index is 0.0548. The number of nitrogens with two attached hydrogens (primary N) is 1. The van der Waals surface area contributed by atoms with E-state index < -0.39 is 0 Å². The van der Waals surface area contributed by atoms with Crippen molar-refractivity contribution in [2.24, 2.45) is 5.73 Å². The van der Waals surface area contributed by atoms with Gasteiger partial charge in [0.25, 0.3) is 0 Å². The molecule has 0 radical (unpaired) electrons. The average Bonchev–Trinajstić information content (AvgIpc) is 2.35. The van der Waals surface area contributed by atoms with E-state index in [-0.39, 0.29) is 11.4 Å². The first-order valence-electron chi connectivity index (χ1n) is 6.86. The third kappa shape index (κ3) is 3.32. The van der Waals surface area contributed by atoms with Gasteiger partial charge in [-0.15, -0.1) is 0 Å². The molecule has 1 aliphatic rings. The summed E-state index contributed by atoms with van der Waals surface area (Å²) < 4.78 is 0. The zero-order valence-corrected chi connectivity index (χ0v) is 13.2. The summed E-state index contributed by atoms with van der Waals surface area (Å²) in [6.07, 6.45) is 0. The number of likely N-dealkylation sites (N-methyl/N-ethyl adjacent to an activating group) is 1. The maximum absolute atomic E-state index is 7.43. The first-order valence-corrected chi connectivity index (χ1v) is 7.24. The quantitative estimate of drug-likeness (QED) is 0.663. The van der Waals surface area contributed by atoms with Crippen molar-refractivity contribution in [2.75, 3.05) is 26.7 Å². The lowest BCUT2D eigenvalue weighted by Crippen LogP contribution is -2.57. The van der Waals surface area contributed by atoms with Gasteiger partial charge in [-0.1, -0.05) is 23.7 Å². The summed E-state index contributed by atoms with van der Waals surface area (Å²) in [4.78, 5) is 4.82. The molecular weight excluding hydrogens is 272 g/mol. The molecule has 0 aliphatic carbocycles. The lowest BCUT2D eigenvalue weighted by Gasteiger charge is -2.45. The topological polar surface area (TPSA) is 56.4 Å². The van der Waals surface area contributed by atoms with Crippen molar-refractivity contribution in [3.8, 4) is 0 Å². The van der Waals surface area contributed by atoms with Crippen LogP contribution in [-0.2, 0) is 6.54 Å². The Labute approximate surface area is 126 Å². The standard InChI is InChI=1S/C15H23ClN4/c1-15(2)10-20(7-6-19(15)3)9-12-5-4-11(14(17)18)8-13(12)16/h4-5,8H,6-7,9-10H2,1-3H3,(H3,17,18). The fourth-order valence-corrected chi connectivity index (χ4v) is 2.80. The van der Waals surface area contributed by atoms with E-state index in [2.05, 4.69) is 30.7 Å². The number of rotatable bonds is 3. The highest BCUT2D eigenvalue weighted by molar-refractivity contribution is 6.31. The summed E-state index contributed by atoms with van der Waals surface area (Å²) in [5, 5.41) is 8.12. The number of amidine groups is 1. The highest BCUT2D eigenvalue weighted by Gasteiger charge is 2.30. The molecule has 110 valence electrons. The van der Waals surface area contributed by atoms with Gasteiger partial charge in [0, 0.05) is 42.3 Å². The molecule has 2 rings (SSSR count). The van der Waals surface area contributed by atoms with Gasteiger partial charge in [-0.25, -0.2) is 0 Å². The van der Waals surface area contributed by atoms with E-state index in [9.17, 15) is 0 Å². The van der Waals surface area contributed by atoms with Crippen LogP contribution in [0.2, 0.25) is 5.02 Å². The predicted molar refractivity (Wildman–Crippen MR) is 84.5 cm³/mol. The molecule has 0 saturated carbocycles. The fraction of sp³-hybridized carbons (Fsp3) is 0.533. The van der Waals surface area contributed by atoms with E-state index in [1.807, 2.05) is 12.1 Å². The molecule has 1 saturated heterocycles. The van der Waals surface area contributed by atoms with Crippen molar-refractivity contribution >= 4 is 17.4 Å². The molecule has 1 heterocycles. The normalized spacial score (nSPS) is 20.0. The van der Waals surface area contributed by atoms with E-state index in [0.29, 0.717) is 10.6 Å². The van der Waals surface area contributed by atoms with Crippen molar-refractivity contribution in [3.05, 3.63) is 34.3 Å². The second kappa shape index (κ2) is 5.72. The Morgan fingerprint density at radius 3 is 2.65 bits per heavy atom. The molecular formula is C15H23ClN4. The van der Waals surface area contributed by atoms with Gasteiger partial charge in [-0.2, -0.15) is 0 Å². The smallest absolute Gasteiger partial charge is 0.122 e. The Kier molecular flexibility index (Phi) is 4.37. The molecule has 0 atom stereocenters. The number of benzene rings is 1. The summed E-state index contributed by atoms with van der Waals surface area (Å²) >= 11 is 6.30. The lowest BCUT2D eigenvalue weighted by molar-refractivity contribution is 0.0360. The fourth-order valence-electron chi connectivity index (χ4n) is 2.56. The third-order valence-corrected chi connectivity index (χ3v) is 4.51. The Hall–Kier alpha value is -1.10. The van der Waals surface area contributed by atoms with Crippen LogP contribution in [0.25, 0.3) is 0 Å². The number of nitrogens with one attached hydrogen (secondary N) is 1. The van der Waals surface area contributed by atoms with Crippen LogP contribution in [0.3, 0.4) is 0 Å². The van der Waals surface area contributed by atoms with Crippen LogP contribution in [0.15, 0.2) is 18.2 Å². The van der Waals surface area contributed by atoms with Gasteiger partial charge in [0.1, 0.15) is 5.84 Å². The first-order chi connectivity index (χ1) is 9.29. The van der Waals surface area contributed by atoms with E-state index in [1.165, 1.54) is 0 Å². The maximum atomic E-state index is 7.43. The molecule has 20 heavy (non-hydrogen) atoms. The molecule has 3 N–H and O–H groups in total. The van der Waals surface area contributed by atoms with Crippen LogP contribution in [0.1, 0.15) is 25.0 Å². The molecule has 1 fully saturated rings. The van der Waals surface area contributed by atoms with Gasteiger partial charge < -0.3 is 5.73 Å². The second-order valence-electron chi connectivity index (χ2n) is 6.16. The second-order valence-corrected chi connectivity index (χ2v) is 6.57. The van der Waals surface area contributed by atoms with Crippen LogP contribution in [0, 0.1) is 5.41 Å². The monoisotopic (exact) mass is 294 g/mol. The van der Waals surface area contributed by atoms with Crippen molar-refractivity contribution in [1.82, 2.24) is 9.80 Å². The highest BCUT2D eigenvalue weighted by atomic mass is 35.5. The minimum atomic E-state index is 0.0548. The zero-order valence-electron chi connectivity index (χ0n) is 12.4. The van der Waals surface area contributed by atoms with E-state index in [4.69, 9.17) is 22.7 Å². The van der Waals surface area contributed by atoms with Crippen LogP contribution in [-0.4, -0.2) is 47.9 Å². The van der Waals surface area contributed by atoms with Gasteiger partial charge >= 0.3 is 0 Å². The van der Waals surface area contributed by atoms with E-state index >= 15 is 0 Å². The van der Waals surface area contributed by atoms with Crippen LogP contribution in [0.4, 0.5) is 0 Å². The SMILES string of the molecule is CN1CCN(Cc2ccc(C(=N)N)cc2Cl)CC1(C)C. The zero-order chi connectivity index (χ0) is 14.9. The van der Waals surface area contributed by atoms with Gasteiger partial charge in [0.05, 0.1) is 0 Å². The van der Waals surface area contributed by atoms with Gasteiger partial charge in [-0.3, -0.25) is 15.2 Å². The molecule has 0 aromatic heterocycles. The number of nitrogens with zero attached hydrogens (tertiary/aromatic N) is 2. The number of hydrogen-bond donors (Lipinski definition) is 2. The minimum Gasteiger partial charge on any atom is -0.384 e. The molecule has 5 heteroatoms. The van der Waals surface area contributed by atoms with E-state index in [1.54, 1.807) is 6.07 Å². The van der Waals surface area contributed by atoms with Crippen LogP contribution in [0.5, 0.6) is 0 Å². The van der Waals surface area contributed by atoms with Gasteiger partial charge in [-0.05, 0) is 32.5 Å². The number of halogens is 1. The van der Waals surface area contributed by atoms with Crippen molar-refractivity contribution in [2.45, 2.75) is 25.9 Å². The van der Waals surface area contributed by atoms with E-state index in [0.717, 1.165) is 31.7 Å². The van der Waals surface area contributed by atoms with Crippen LogP contribution >= 0.6 is 11.6 Å². The third-order valence-electron chi connectivity index (χ3n) is 4.15. The molecule has 1 aromatic carbocycles. The lowest BCUT2D eigenvalue weighted by atomic mass is 9.99. The molecule has 4 nitrogen and oxygen atoms in total. The molecule has 0 bridgehead atoms. The predicted octanol–water partition coefficient (Wildman–Crippen LogP) is 2.15. The molecule has 1 aliphatic heterocycles.